The monoisotopic (exact) mass is 349 g/mol. The van der Waals surface area contributed by atoms with Crippen LogP contribution < -0.4 is 0 Å². The van der Waals surface area contributed by atoms with Gasteiger partial charge in [-0.25, -0.2) is 0 Å². The summed E-state index contributed by atoms with van der Waals surface area (Å²) < 4.78 is 0. The maximum absolute atomic E-state index is 10.8. The molecular weight excluding hydrogens is 318 g/mol. The zero-order chi connectivity index (χ0) is 19.3. The number of hydrogen-bond donors (Lipinski definition) is 1. The summed E-state index contributed by atoms with van der Waals surface area (Å²) in [7, 11) is 1.84. The van der Waals surface area contributed by atoms with Gasteiger partial charge in [0.05, 0.1) is 0 Å². The van der Waals surface area contributed by atoms with E-state index < -0.39 is 0 Å². The van der Waals surface area contributed by atoms with E-state index in [1.807, 2.05) is 25.2 Å². The van der Waals surface area contributed by atoms with Crippen LogP contribution in [-0.4, -0.2) is 17.9 Å². The van der Waals surface area contributed by atoms with Crippen LogP contribution >= 0.6 is 0 Å². The second-order valence-electron chi connectivity index (χ2n) is 7.76. The Kier molecular flexibility index (Phi) is 6.42. The molecule has 0 aliphatic carbocycles. The van der Waals surface area contributed by atoms with Gasteiger partial charge >= 0.3 is 0 Å². The molecule has 1 N–H and O–H groups in total. The van der Waals surface area contributed by atoms with Crippen molar-refractivity contribution in [3.8, 4) is 16.9 Å². The van der Waals surface area contributed by atoms with Gasteiger partial charge in [-0.3, -0.25) is 4.99 Å². The van der Waals surface area contributed by atoms with E-state index in [1.165, 1.54) is 5.56 Å². The average Bonchev–Trinajstić information content (AvgIpc) is 2.61. The number of para-hydroxylation sites is 1. The van der Waals surface area contributed by atoms with Gasteiger partial charge in [-0.2, -0.15) is 0 Å². The van der Waals surface area contributed by atoms with E-state index in [0.717, 1.165) is 28.8 Å². The van der Waals surface area contributed by atoms with Gasteiger partial charge < -0.3 is 5.11 Å². The van der Waals surface area contributed by atoms with Crippen molar-refractivity contribution < 1.29 is 5.11 Å². The minimum absolute atomic E-state index is 0.0992. The molecule has 0 saturated carbocycles. The minimum atomic E-state index is -0.0992. The third kappa shape index (κ3) is 4.43. The molecule has 26 heavy (non-hydrogen) atoms. The quantitative estimate of drug-likeness (QED) is 0.614. The first kappa shape index (κ1) is 20.0. The highest BCUT2D eigenvalue weighted by atomic mass is 16.3. The molecule has 2 nitrogen and oxygen atoms in total. The van der Waals surface area contributed by atoms with Gasteiger partial charge in [0.25, 0.3) is 0 Å². The van der Waals surface area contributed by atoms with Gasteiger partial charge in [-0.15, -0.1) is 0 Å². The predicted molar refractivity (Wildman–Crippen MR) is 113 cm³/mol. The number of phenols is 1. The number of benzene rings is 2. The van der Waals surface area contributed by atoms with E-state index in [4.69, 9.17) is 0 Å². The molecule has 1 unspecified atom stereocenters. The average molecular weight is 350 g/mol. The lowest BCUT2D eigenvalue weighted by molar-refractivity contribution is 0.448. The van der Waals surface area contributed by atoms with Crippen molar-refractivity contribution in [3.63, 3.8) is 0 Å². The van der Waals surface area contributed by atoms with E-state index in [9.17, 15) is 5.11 Å². The van der Waals surface area contributed by atoms with Crippen LogP contribution in [-0.2, 0) is 5.41 Å². The highest BCUT2D eigenvalue weighted by molar-refractivity contribution is 6.00. The van der Waals surface area contributed by atoms with E-state index in [2.05, 4.69) is 76.0 Å². The number of hydrogen-bond acceptors (Lipinski definition) is 2. The lowest BCUT2D eigenvalue weighted by Crippen LogP contribution is -2.11. The Labute approximate surface area is 158 Å². The van der Waals surface area contributed by atoms with Crippen molar-refractivity contribution in [2.24, 2.45) is 4.99 Å². The Morgan fingerprint density at radius 3 is 2.46 bits per heavy atom. The topological polar surface area (TPSA) is 32.6 Å². The van der Waals surface area contributed by atoms with Gasteiger partial charge in [0.2, 0.25) is 0 Å². The van der Waals surface area contributed by atoms with Crippen LogP contribution in [0.2, 0.25) is 0 Å². The van der Waals surface area contributed by atoms with Gasteiger partial charge in [0.1, 0.15) is 5.75 Å². The molecule has 0 aromatic heterocycles. The second kappa shape index (κ2) is 8.35. The molecular formula is C24H31NO. The van der Waals surface area contributed by atoms with Crippen molar-refractivity contribution in [2.75, 3.05) is 7.05 Å². The van der Waals surface area contributed by atoms with Crippen LogP contribution in [0, 0.1) is 0 Å². The Balaban J connectivity index is 2.46. The van der Waals surface area contributed by atoms with Crippen LogP contribution in [0.5, 0.6) is 5.75 Å². The van der Waals surface area contributed by atoms with Crippen LogP contribution in [0.25, 0.3) is 11.1 Å². The zero-order valence-corrected chi connectivity index (χ0v) is 16.9. The summed E-state index contributed by atoms with van der Waals surface area (Å²) in [5, 5.41) is 10.8. The molecule has 2 heteroatoms. The zero-order valence-electron chi connectivity index (χ0n) is 16.9. The smallest absolute Gasteiger partial charge is 0.127 e. The molecule has 2 aromatic carbocycles. The molecule has 0 spiro atoms. The first-order valence-corrected chi connectivity index (χ1v) is 9.35. The standard InChI is InChI=1S/C24H31NO/c1-7-8-15-22(25-6)17(2)18-11-9-12-19(16-18)20-13-10-14-21(23(20)26)24(3,4)5/h8-17,26H,7H2,1-6H3/b15-8-,25-22?. The summed E-state index contributed by atoms with van der Waals surface area (Å²) in [5.74, 6) is 0.579. The van der Waals surface area contributed by atoms with Crippen molar-refractivity contribution in [1.82, 2.24) is 0 Å². The Hall–Kier alpha value is -2.35. The first-order valence-electron chi connectivity index (χ1n) is 9.35. The molecule has 0 fully saturated rings. The molecule has 2 rings (SSSR count). The third-order valence-corrected chi connectivity index (χ3v) is 4.77. The fourth-order valence-electron chi connectivity index (χ4n) is 3.18. The molecule has 0 aliphatic heterocycles. The van der Waals surface area contributed by atoms with Crippen LogP contribution in [0.15, 0.2) is 59.6 Å². The highest BCUT2D eigenvalue weighted by Gasteiger charge is 2.20. The summed E-state index contributed by atoms with van der Waals surface area (Å²) in [5.41, 5.74) is 5.05. The maximum atomic E-state index is 10.8. The van der Waals surface area contributed by atoms with Gasteiger partial charge in [0, 0.05) is 24.2 Å². The van der Waals surface area contributed by atoms with Crippen LogP contribution in [0.4, 0.5) is 0 Å². The first-order chi connectivity index (χ1) is 12.3. The number of rotatable bonds is 5. The SMILES string of the molecule is CC/C=C\C(=NC)C(C)c1cccc(-c2cccc(C(C)(C)C)c2O)c1. The summed E-state index contributed by atoms with van der Waals surface area (Å²) in [6.45, 7) is 10.7. The van der Waals surface area contributed by atoms with Crippen molar-refractivity contribution >= 4 is 5.71 Å². The third-order valence-electron chi connectivity index (χ3n) is 4.77. The Bertz CT molecular complexity index is 809. The number of allylic oxidation sites excluding steroid dienone is 2. The van der Waals surface area contributed by atoms with Crippen molar-refractivity contribution in [2.45, 2.75) is 52.4 Å². The molecule has 0 saturated heterocycles. The number of nitrogens with zero attached hydrogens (tertiary/aromatic N) is 1. The number of phenolic OH excluding ortho intramolecular Hbond substituents is 1. The van der Waals surface area contributed by atoms with Gasteiger partial charge in [-0.1, -0.05) is 83.2 Å². The van der Waals surface area contributed by atoms with Gasteiger partial charge in [-0.05, 0) is 34.6 Å². The summed E-state index contributed by atoms with van der Waals surface area (Å²) in [6.07, 6.45) is 5.25. The number of aliphatic imine (C=N–C) groups is 1. The van der Waals surface area contributed by atoms with E-state index in [-0.39, 0.29) is 11.3 Å². The molecule has 0 aliphatic rings. The van der Waals surface area contributed by atoms with Crippen LogP contribution in [0.1, 0.15) is 58.1 Å². The number of aromatic hydroxyl groups is 1. The van der Waals surface area contributed by atoms with E-state index in [0.29, 0.717) is 5.75 Å². The molecule has 1 atom stereocenters. The molecule has 0 heterocycles. The Morgan fingerprint density at radius 1 is 1.15 bits per heavy atom. The molecule has 138 valence electrons. The van der Waals surface area contributed by atoms with Crippen molar-refractivity contribution in [3.05, 3.63) is 65.7 Å². The molecule has 0 bridgehead atoms. The van der Waals surface area contributed by atoms with E-state index >= 15 is 0 Å². The second-order valence-corrected chi connectivity index (χ2v) is 7.76. The van der Waals surface area contributed by atoms with Gasteiger partial charge in [0.15, 0.2) is 0 Å². The lowest BCUT2D eigenvalue weighted by Gasteiger charge is -2.22. The Morgan fingerprint density at radius 2 is 1.85 bits per heavy atom. The minimum Gasteiger partial charge on any atom is -0.507 e. The summed E-state index contributed by atoms with van der Waals surface area (Å²) >= 11 is 0. The highest BCUT2D eigenvalue weighted by Crippen LogP contribution is 2.38. The van der Waals surface area contributed by atoms with Crippen LogP contribution in [0.3, 0.4) is 0 Å². The summed E-state index contributed by atoms with van der Waals surface area (Å²) in [4.78, 5) is 4.45. The van der Waals surface area contributed by atoms with Crippen molar-refractivity contribution in [1.29, 1.82) is 0 Å². The van der Waals surface area contributed by atoms with E-state index in [1.54, 1.807) is 0 Å². The largest absolute Gasteiger partial charge is 0.507 e. The molecule has 0 radical (unpaired) electrons. The predicted octanol–water partition coefficient (Wildman–Crippen LogP) is 6.50. The lowest BCUT2D eigenvalue weighted by atomic mass is 9.84. The molecule has 2 aromatic rings. The fourth-order valence-corrected chi connectivity index (χ4v) is 3.18. The summed E-state index contributed by atoms with van der Waals surface area (Å²) in [6, 6.07) is 14.4. The normalized spacial score (nSPS) is 14.0. The molecule has 0 amide bonds. The maximum Gasteiger partial charge on any atom is 0.127 e. The fraction of sp³-hybridized carbons (Fsp3) is 0.375.